The number of amides is 3. The highest BCUT2D eigenvalue weighted by atomic mass is 16.2. The molecule has 2 aromatic carbocycles. The zero-order valence-electron chi connectivity index (χ0n) is 14.3. The molecule has 3 rings (SSSR count). The Bertz CT molecular complexity index is 743. The lowest BCUT2D eigenvalue weighted by atomic mass is 9.93. The van der Waals surface area contributed by atoms with Gasteiger partial charge in [0.2, 0.25) is 0 Å². The molecule has 1 aliphatic heterocycles. The zero-order valence-corrected chi connectivity index (χ0v) is 14.3. The molecule has 0 spiro atoms. The van der Waals surface area contributed by atoms with E-state index in [4.69, 9.17) is 5.73 Å². The molecule has 2 aromatic rings. The van der Waals surface area contributed by atoms with Gasteiger partial charge in [0.25, 0.3) is 5.91 Å². The summed E-state index contributed by atoms with van der Waals surface area (Å²) < 4.78 is 0. The molecule has 5 nitrogen and oxygen atoms in total. The number of hydrogen-bond acceptors (Lipinski definition) is 2. The molecule has 0 saturated carbocycles. The van der Waals surface area contributed by atoms with Gasteiger partial charge in [0.05, 0.1) is 0 Å². The molecule has 1 aliphatic rings. The van der Waals surface area contributed by atoms with Crippen molar-refractivity contribution in [1.29, 1.82) is 0 Å². The standard InChI is InChI=1S/C20H23N3O2/c1-14-18(16-5-3-2-4-6-16)11-12-23(14)19(24)17-9-7-15(8-10-17)13-22-20(21)25/h2-10,14,18H,11-13H2,1H3,(H3,21,22,25). The SMILES string of the molecule is CC1C(c2ccccc2)CCN1C(=O)c1ccc(CNC(N)=O)cc1. The minimum atomic E-state index is -0.557. The Morgan fingerprint density at radius 1 is 1.12 bits per heavy atom. The third-order valence-electron chi connectivity index (χ3n) is 4.91. The van der Waals surface area contributed by atoms with Crippen molar-refractivity contribution in [1.82, 2.24) is 10.2 Å². The van der Waals surface area contributed by atoms with Crippen molar-refractivity contribution in [2.24, 2.45) is 5.73 Å². The highest BCUT2D eigenvalue weighted by Gasteiger charge is 2.34. The van der Waals surface area contributed by atoms with Gasteiger partial charge in [-0.15, -0.1) is 0 Å². The summed E-state index contributed by atoms with van der Waals surface area (Å²) in [6.45, 7) is 3.25. The van der Waals surface area contributed by atoms with Crippen molar-refractivity contribution in [3.05, 3.63) is 71.3 Å². The number of rotatable bonds is 4. The second-order valence-electron chi connectivity index (χ2n) is 6.46. The van der Waals surface area contributed by atoms with Gasteiger partial charge in [-0.25, -0.2) is 4.79 Å². The number of primary amides is 1. The molecule has 2 unspecified atom stereocenters. The third kappa shape index (κ3) is 3.82. The summed E-state index contributed by atoms with van der Waals surface area (Å²) >= 11 is 0. The average molecular weight is 337 g/mol. The maximum atomic E-state index is 12.8. The van der Waals surface area contributed by atoms with E-state index in [1.165, 1.54) is 5.56 Å². The van der Waals surface area contributed by atoms with E-state index in [1.54, 1.807) is 0 Å². The van der Waals surface area contributed by atoms with Crippen LogP contribution in [-0.2, 0) is 6.54 Å². The van der Waals surface area contributed by atoms with Gasteiger partial charge < -0.3 is 16.0 Å². The molecule has 0 aliphatic carbocycles. The van der Waals surface area contributed by atoms with Crippen molar-refractivity contribution in [2.45, 2.75) is 31.8 Å². The van der Waals surface area contributed by atoms with E-state index in [9.17, 15) is 9.59 Å². The molecular weight excluding hydrogens is 314 g/mol. The number of hydrogen-bond donors (Lipinski definition) is 2. The topological polar surface area (TPSA) is 75.4 Å². The molecule has 1 heterocycles. The quantitative estimate of drug-likeness (QED) is 0.900. The minimum absolute atomic E-state index is 0.0559. The molecule has 3 N–H and O–H groups in total. The van der Waals surface area contributed by atoms with E-state index in [2.05, 4.69) is 24.4 Å². The van der Waals surface area contributed by atoms with E-state index in [0.29, 0.717) is 18.0 Å². The van der Waals surface area contributed by atoms with Crippen molar-refractivity contribution < 1.29 is 9.59 Å². The van der Waals surface area contributed by atoms with E-state index in [1.807, 2.05) is 47.4 Å². The molecule has 5 heteroatoms. The molecular formula is C20H23N3O2. The number of urea groups is 1. The number of nitrogens with two attached hydrogens (primary N) is 1. The minimum Gasteiger partial charge on any atom is -0.352 e. The molecule has 0 aromatic heterocycles. The monoisotopic (exact) mass is 337 g/mol. The first kappa shape index (κ1) is 17.0. The molecule has 1 fully saturated rings. The van der Waals surface area contributed by atoms with Gasteiger partial charge in [0, 0.05) is 30.6 Å². The van der Waals surface area contributed by atoms with E-state index in [0.717, 1.165) is 18.5 Å². The van der Waals surface area contributed by atoms with Gasteiger partial charge in [0.1, 0.15) is 0 Å². The van der Waals surface area contributed by atoms with Crippen molar-refractivity contribution >= 4 is 11.9 Å². The van der Waals surface area contributed by atoms with Crippen LogP contribution in [0.2, 0.25) is 0 Å². The number of carbonyl (C=O) groups is 2. The Morgan fingerprint density at radius 3 is 2.44 bits per heavy atom. The second-order valence-corrected chi connectivity index (χ2v) is 6.46. The summed E-state index contributed by atoms with van der Waals surface area (Å²) in [5.41, 5.74) is 7.94. The Hall–Kier alpha value is -2.82. The fourth-order valence-corrected chi connectivity index (χ4v) is 3.49. The van der Waals surface area contributed by atoms with E-state index < -0.39 is 6.03 Å². The highest BCUT2D eigenvalue weighted by molar-refractivity contribution is 5.94. The van der Waals surface area contributed by atoms with Crippen LogP contribution in [0, 0.1) is 0 Å². The summed E-state index contributed by atoms with van der Waals surface area (Å²) in [4.78, 5) is 25.6. The van der Waals surface area contributed by atoms with E-state index in [-0.39, 0.29) is 11.9 Å². The van der Waals surface area contributed by atoms with Gasteiger partial charge in [0.15, 0.2) is 0 Å². The Balaban J connectivity index is 1.68. The van der Waals surface area contributed by atoms with Crippen LogP contribution in [0.3, 0.4) is 0 Å². The van der Waals surface area contributed by atoms with Crippen LogP contribution < -0.4 is 11.1 Å². The lowest BCUT2D eigenvalue weighted by Gasteiger charge is -2.25. The summed E-state index contributed by atoms with van der Waals surface area (Å²) in [7, 11) is 0. The van der Waals surface area contributed by atoms with E-state index >= 15 is 0 Å². The lowest BCUT2D eigenvalue weighted by molar-refractivity contribution is 0.0742. The first-order chi connectivity index (χ1) is 12.1. The molecule has 25 heavy (non-hydrogen) atoms. The van der Waals surface area contributed by atoms with Crippen LogP contribution in [0.1, 0.15) is 40.7 Å². The average Bonchev–Trinajstić information content (AvgIpc) is 3.02. The number of likely N-dealkylation sites (tertiary alicyclic amines) is 1. The number of nitrogens with zero attached hydrogens (tertiary/aromatic N) is 1. The predicted octanol–water partition coefficient (Wildman–Crippen LogP) is 2.87. The van der Waals surface area contributed by atoms with Gasteiger partial charge in [-0.1, -0.05) is 42.5 Å². The molecule has 0 radical (unpaired) electrons. The Kier molecular flexibility index (Phi) is 5.03. The smallest absolute Gasteiger partial charge is 0.312 e. The molecule has 1 saturated heterocycles. The van der Waals surface area contributed by atoms with Crippen LogP contribution in [0.25, 0.3) is 0 Å². The summed E-state index contributed by atoms with van der Waals surface area (Å²) in [5, 5.41) is 2.54. The third-order valence-corrected chi connectivity index (χ3v) is 4.91. The van der Waals surface area contributed by atoms with Gasteiger partial charge in [-0.05, 0) is 36.6 Å². The lowest BCUT2D eigenvalue weighted by Crippen LogP contribution is -2.35. The van der Waals surface area contributed by atoms with Crippen LogP contribution in [0.5, 0.6) is 0 Å². The van der Waals surface area contributed by atoms with Crippen LogP contribution in [-0.4, -0.2) is 29.4 Å². The van der Waals surface area contributed by atoms with Crippen LogP contribution in [0.15, 0.2) is 54.6 Å². The summed E-state index contributed by atoms with van der Waals surface area (Å²) in [6, 6.07) is 17.3. The fraction of sp³-hybridized carbons (Fsp3) is 0.300. The van der Waals surface area contributed by atoms with Crippen molar-refractivity contribution in [2.75, 3.05) is 6.54 Å². The van der Waals surface area contributed by atoms with Crippen molar-refractivity contribution in [3.63, 3.8) is 0 Å². The predicted molar refractivity (Wildman–Crippen MR) is 97.2 cm³/mol. The van der Waals surface area contributed by atoms with Gasteiger partial charge >= 0.3 is 6.03 Å². The fourth-order valence-electron chi connectivity index (χ4n) is 3.49. The number of benzene rings is 2. The maximum absolute atomic E-state index is 12.8. The second kappa shape index (κ2) is 7.38. The summed E-state index contributed by atoms with van der Waals surface area (Å²) in [6.07, 6.45) is 0.984. The highest BCUT2D eigenvalue weighted by Crippen LogP contribution is 2.34. The normalized spacial score (nSPS) is 19.6. The molecule has 0 bridgehead atoms. The maximum Gasteiger partial charge on any atom is 0.312 e. The largest absolute Gasteiger partial charge is 0.352 e. The first-order valence-electron chi connectivity index (χ1n) is 8.54. The van der Waals surface area contributed by atoms with Gasteiger partial charge in [-0.2, -0.15) is 0 Å². The molecule has 130 valence electrons. The van der Waals surface area contributed by atoms with Crippen molar-refractivity contribution in [3.8, 4) is 0 Å². The number of nitrogens with one attached hydrogen (secondary N) is 1. The molecule has 3 amide bonds. The van der Waals surface area contributed by atoms with Crippen LogP contribution >= 0.6 is 0 Å². The summed E-state index contributed by atoms with van der Waals surface area (Å²) in [5.74, 6) is 0.435. The zero-order chi connectivity index (χ0) is 17.8. The van der Waals surface area contributed by atoms with Gasteiger partial charge in [-0.3, -0.25) is 4.79 Å². The van der Waals surface area contributed by atoms with Crippen LogP contribution in [0.4, 0.5) is 4.79 Å². The molecule has 2 atom stereocenters. The number of carbonyl (C=O) groups excluding carboxylic acids is 2. The first-order valence-corrected chi connectivity index (χ1v) is 8.54. The Labute approximate surface area is 147 Å². The Morgan fingerprint density at radius 2 is 1.80 bits per heavy atom.